The standard InChI is InChI=1S/C18H18N2O6S/c1-25-14-8-7-12(9-15(14)26-2)10-19-17(21)11-20-18(22)13-5-3-4-6-16(13)27(20,23)24/h3-9H,10-11H2,1-2H3,(H,19,21). The van der Waals surface area contributed by atoms with Crippen molar-refractivity contribution in [3.8, 4) is 11.5 Å². The van der Waals surface area contributed by atoms with Crippen molar-refractivity contribution in [2.75, 3.05) is 20.8 Å². The average molecular weight is 390 g/mol. The maximum Gasteiger partial charge on any atom is 0.269 e. The van der Waals surface area contributed by atoms with E-state index in [9.17, 15) is 18.0 Å². The van der Waals surface area contributed by atoms with Crippen LogP contribution in [0.5, 0.6) is 11.5 Å². The molecule has 27 heavy (non-hydrogen) atoms. The molecule has 1 aliphatic heterocycles. The molecule has 2 aromatic rings. The van der Waals surface area contributed by atoms with Crippen molar-refractivity contribution in [3.63, 3.8) is 0 Å². The molecule has 8 nitrogen and oxygen atoms in total. The number of benzene rings is 2. The lowest BCUT2D eigenvalue weighted by Crippen LogP contribution is -2.40. The van der Waals surface area contributed by atoms with Gasteiger partial charge in [0.2, 0.25) is 5.91 Å². The first-order valence-corrected chi connectivity index (χ1v) is 9.46. The summed E-state index contributed by atoms with van der Waals surface area (Å²) in [6, 6.07) is 11.0. The van der Waals surface area contributed by atoms with E-state index < -0.39 is 28.4 Å². The Balaban J connectivity index is 1.68. The molecular formula is C18H18N2O6S. The van der Waals surface area contributed by atoms with E-state index >= 15 is 0 Å². The molecule has 0 aromatic heterocycles. The third-order valence-corrected chi connectivity index (χ3v) is 5.92. The molecule has 0 atom stereocenters. The second-order valence-electron chi connectivity index (χ2n) is 5.78. The number of sulfonamides is 1. The Morgan fingerprint density at radius 1 is 1.07 bits per heavy atom. The summed E-state index contributed by atoms with van der Waals surface area (Å²) in [5.74, 6) is -0.225. The van der Waals surface area contributed by atoms with E-state index in [4.69, 9.17) is 9.47 Å². The summed E-state index contributed by atoms with van der Waals surface area (Å²) in [4.78, 5) is 24.4. The van der Waals surface area contributed by atoms with E-state index in [-0.39, 0.29) is 17.0 Å². The van der Waals surface area contributed by atoms with Gasteiger partial charge in [0.25, 0.3) is 15.9 Å². The number of rotatable bonds is 6. The molecule has 2 aromatic carbocycles. The summed E-state index contributed by atoms with van der Waals surface area (Å²) in [5, 5.41) is 2.61. The van der Waals surface area contributed by atoms with Gasteiger partial charge >= 0.3 is 0 Å². The van der Waals surface area contributed by atoms with Crippen LogP contribution in [0.25, 0.3) is 0 Å². The van der Waals surface area contributed by atoms with Crippen LogP contribution < -0.4 is 14.8 Å². The van der Waals surface area contributed by atoms with Crippen molar-refractivity contribution >= 4 is 21.8 Å². The van der Waals surface area contributed by atoms with E-state index in [1.807, 2.05) is 0 Å². The van der Waals surface area contributed by atoms with Gasteiger partial charge in [-0.1, -0.05) is 18.2 Å². The third-order valence-electron chi connectivity index (χ3n) is 4.14. The van der Waals surface area contributed by atoms with Gasteiger partial charge in [-0.15, -0.1) is 0 Å². The highest BCUT2D eigenvalue weighted by Crippen LogP contribution is 2.30. The molecule has 142 valence electrons. The van der Waals surface area contributed by atoms with Crippen LogP contribution in [0.2, 0.25) is 0 Å². The van der Waals surface area contributed by atoms with Crippen LogP contribution in [0.1, 0.15) is 15.9 Å². The summed E-state index contributed by atoms with van der Waals surface area (Å²) in [7, 11) is -0.986. The van der Waals surface area contributed by atoms with Gasteiger partial charge in [0.15, 0.2) is 11.5 Å². The number of hydrogen-bond acceptors (Lipinski definition) is 6. The molecule has 0 unspecified atom stereocenters. The molecule has 0 saturated carbocycles. The molecule has 9 heteroatoms. The number of nitrogens with one attached hydrogen (secondary N) is 1. The molecule has 0 saturated heterocycles. The Hall–Kier alpha value is -3.07. The monoisotopic (exact) mass is 390 g/mol. The van der Waals surface area contributed by atoms with Crippen LogP contribution in [0.3, 0.4) is 0 Å². The lowest BCUT2D eigenvalue weighted by Gasteiger charge is -2.15. The number of methoxy groups -OCH3 is 2. The van der Waals surface area contributed by atoms with Crippen molar-refractivity contribution in [3.05, 3.63) is 53.6 Å². The minimum Gasteiger partial charge on any atom is -0.493 e. The summed E-state index contributed by atoms with van der Waals surface area (Å²) in [6.45, 7) is -0.433. The second kappa shape index (κ2) is 7.28. The van der Waals surface area contributed by atoms with E-state index in [0.717, 1.165) is 5.56 Å². The molecule has 1 aliphatic rings. The predicted octanol–water partition coefficient (Wildman–Crippen LogP) is 1.16. The highest BCUT2D eigenvalue weighted by Gasteiger charge is 2.41. The Bertz CT molecular complexity index is 1000. The first-order valence-electron chi connectivity index (χ1n) is 8.02. The lowest BCUT2D eigenvalue weighted by molar-refractivity contribution is -0.121. The molecule has 2 amide bonds. The molecule has 0 fully saturated rings. The number of fused-ring (bicyclic) bond motifs is 1. The number of ether oxygens (including phenoxy) is 2. The van der Waals surface area contributed by atoms with Gasteiger partial charge in [-0.3, -0.25) is 9.59 Å². The van der Waals surface area contributed by atoms with Crippen LogP contribution in [-0.4, -0.2) is 45.3 Å². The van der Waals surface area contributed by atoms with Crippen molar-refractivity contribution in [2.24, 2.45) is 0 Å². The van der Waals surface area contributed by atoms with E-state index in [0.29, 0.717) is 15.8 Å². The average Bonchev–Trinajstić information content (AvgIpc) is 2.87. The fourth-order valence-electron chi connectivity index (χ4n) is 2.76. The van der Waals surface area contributed by atoms with Crippen LogP contribution in [-0.2, 0) is 21.4 Å². The highest BCUT2D eigenvalue weighted by molar-refractivity contribution is 7.90. The highest BCUT2D eigenvalue weighted by atomic mass is 32.2. The zero-order valence-corrected chi connectivity index (χ0v) is 15.6. The van der Waals surface area contributed by atoms with Gasteiger partial charge in [-0.2, -0.15) is 0 Å². The molecule has 0 bridgehead atoms. The van der Waals surface area contributed by atoms with Crippen molar-refractivity contribution in [1.82, 2.24) is 9.62 Å². The van der Waals surface area contributed by atoms with E-state index in [2.05, 4.69) is 5.32 Å². The van der Waals surface area contributed by atoms with Gasteiger partial charge < -0.3 is 14.8 Å². The van der Waals surface area contributed by atoms with Crippen LogP contribution in [0, 0.1) is 0 Å². The normalized spacial score (nSPS) is 14.6. The summed E-state index contributed by atoms with van der Waals surface area (Å²) < 4.78 is 35.8. The van der Waals surface area contributed by atoms with Gasteiger partial charge in [0, 0.05) is 6.54 Å². The predicted molar refractivity (Wildman–Crippen MR) is 96.1 cm³/mol. The lowest BCUT2D eigenvalue weighted by atomic mass is 10.2. The van der Waals surface area contributed by atoms with Gasteiger partial charge in [0.05, 0.1) is 19.8 Å². The smallest absolute Gasteiger partial charge is 0.269 e. The molecular weight excluding hydrogens is 372 g/mol. The van der Waals surface area contributed by atoms with Crippen molar-refractivity contribution in [1.29, 1.82) is 0 Å². The number of amides is 2. The SMILES string of the molecule is COc1ccc(CNC(=O)CN2C(=O)c3ccccc3S2(=O)=O)cc1OC. The van der Waals surface area contributed by atoms with Crippen LogP contribution >= 0.6 is 0 Å². The summed E-state index contributed by atoms with van der Waals surface area (Å²) in [5.41, 5.74) is 0.810. The van der Waals surface area contributed by atoms with E-state index in [1.165, 1.54) is 32.4 Å². The van der Waals surface area contributed by atoms with Crippen molar-refractivity contribution in [2.45, 2.75) is 11.4 Å². The summed E-state index contributed by atoms with van der Waals surface area (Å²) in [6.07, 6.45) is 0. The molecule has 0 aliphatic carbocycles. The van der Waals surface area contributed by atoms with E-state index in [1.54, 1.807) is 24.3 Å². The zero-order valence-electron chi connectivity index (χ0n) is 14.8. The fourth-order valence-corrected chi connectivity index (χ4v) is 4.29. The number of nitrogens with zero attached hydrogens (tertiary/aromatic N) is 1. The molecule has 0 spiro atoms. The maximum absolute atomic E-state index is 12.5. The topological polar surface area (TPSA) is 102 Å². The van der Waals surface area contributed by atoms with Gasteiger partial charge in [0.1, 0.15) is 11.4 Å². The van der Waals surface area contributed by atoms with Crippen LogP contribution in [0.15, 0.2) is 47.4 Å². The zero-order chi connectivity index (χ0) is 19.6. The largest absolute Gasteiger partial charge is 0.493 e. The van der Waals surface area contributed by atoms with Gasteiger partial charge in [-0.25, -0.2) is 12.7 Å². The maximum atomic E-state index is 12.5. The Morgan fingerprint density at radius 2 is 1.78 bits per heavy atom. The minimum absolute atomic E-state index is 0.0743. The quantitative estimate of drug-likeness (QED) is 0.794. The molecule has 1 N–H and O–H groups in total. The van der Waals surface area contributed by atoms with Crippen molar-refractivity contribution < 1.29 is 27.5 Å². The van der Waals surface area contributed by atoms with Crippen LogP contribution in [0.4, 0.5) is 0 Å². The summed E-state index contributed by atoms with van der Waals surface area (Å²) >= 11 is 0. The molecule has 1 heterocycles. The first-order chi connectivity index (χ1) is 12.9. The molecule has 3 rings (SSSR count). The Morgan fingerprint density at radius 3 is 2.44 bits per heavy atom. The number of carbonyl (C=O) groups excluding carboxylic acids is 2. The Labute approximate surface area is 156 Å². The Kier molecular flexibility index (Phi) is 5.04. The van der Waals surface area contributed by atoms with Gasteiger partial charge in [-0.05, 0) is 29.8 Å². The minimum atomic E-state index is -4.01. The second-order valence-corrected chi connectivity index (χ2v) is 7.61. The number of hydrogen-bond donors (Lipinski definition) is 1. The fraction of sp³-hybridized carbons (Fsp3) is 0.222. The first kappa shape index (κ1) is 18.7. The number of carbonyl (C=O) groups is 2. The third kappa shape index (κ3) is 3.45. The molecule has 0 radical (unpaired) electrons.